The molecular formula is C12H14N2O3S. The van der Waals surface area contributed by atoms with E-state index in [1.54, 1.807) is 12.1 Å². The molecule has 0 N–H and O–H groups in total. The lowest BCUT2D eigenvalue weighted by Crippen LogP contribution is -2.21. The minimum Gasteiger partial charge on any atom is -0.459 e. The highest BCUT2D eigenvalue weighted by Gasteiger charge is 2.22. The van der Waals surface area contributed by atoms with Crippen LogP contribution in [0.25, 0.3) is 11.7 Å². The zero-order valence-electron chi connectivity index (χ0n) is 10.5. The van der Waals surface area contributed by atoms with Crippen LogP contribution in [0.2, 0.25) is 0 Å². The van der Waals surface area contributed by atoms with Crippen molar-refractivity contribution in [2.75, 3.05) is 5.75 Å². The molecule has 0 aromatic carbocycles. The predicted molar refractivity (Wildman–Crippen MR) is 67.2 cm³/mol. The molecule has 0 spiro atoms. The molecule has 0 bridgehead atoms. The Hall–Kier alpha value is -1.56. The van der Waals surface area contributed by atoms with Gasteiger partial charge in [-0.15, -0.1) is 10.2 Å². The first-order valence-electron chi connectivity index (χ1n) is 5.50. The number of hydrogen-bond donors (Lipinski definition) is 0. The number of furan rings is 1. The van der Waals surface area contributed by atoms with E-state index in [4.69, 9.17) is 8.83 Å². The smallest absolute Gasteiger partial charge is 0.284 e. The minimum absolute atomic E-state index is 0.144. The molecule has 2 aromatic rings. The lowest BCUT2D eigenvalue weighted by atomic mass is 9.92. The van der Waals surface area contributed by atoms with Crippen LogP contribution in [0.5, 0.6) is 0 Å². The Labute approximate surface area is 109 Å². The lowest BCUT2D eigenvalue weighted by Gasteiger charge is -2.14. The van der Waals surface area contributed by atoms with Gasteiger partial charge in [0.25, 0.3) is 11.1 Å². The van der Waals surface area contributed by atoms with Crippen molar-refractivity contribution < 1.29 is 13.6 Å². The highest BCUT2D eigenvalue weighted by atomic mass is 32.2. The second-order valence-corrected chi connectivity index (χ2v) is 5.74. The third-order valence-electron chi connectivity index (χ3n) is 2.30. The summed E-state index contributed by atoms with van der Waals surface area (Å²) >= 11 is 1.24. The van der Waals surface area contributed by atoms with E-state index in [2.05, 4.69) is 10.2 Å². The molecule has 0 radical (unpaired) electrons. The van der Waals surface area contributed by atoms with Gasteiger partial charge in [0.15, 0.2) is 5.76 Å². The first-order valence-corrected chi connectivity index (χ1v) is 6.49. The van der Waals surface area contributed by atoms with Crippen molar-refractivity contribution in [1.29, 1.82) is 0 Å². The van der Waals surface area contributed by atoms with Gasteiger partial charge in [-0.1, -0.05) is 32.5 Å². The molecule has 2 aromatic heterocycles. The van der Waals surface area contributed by atoms with Crippen LogP contribution in [0, 0.1) is 5.41 Å². The summed E-state index contributed by atoms with van der Waals surface area (Å²) in [5.74, 6) is 1.32. The molecule has 0 atom stereocenters. The van der Waals surface area contributed by atoms with E-state index in [9.17, 15) is 4.79 Å². The van der Waals surface area contributed by atoms with E-state index in [0.29, 0.717) is 22.6 Å². The standard InChI is InChI=1S/C12H14N2O3S/c1-12(2,3)9(15)7-18-11-14-13-10(17-11)8-5-4-6-16-8/h4-6H,7H2,1-3H3. The van der Waals surface area contributed by atoms with Crippen molar-refractivity contribution in [2.24, 2.45) is 5.41 Å². The molecule has 0 aliphatic heterocycles. The zero-order valence-corrected chi connectivity index (χ0v) is 11.3. The normalized spacial score (nSPS) is 11.7. The molecule has 0 unspecified atom stereocenters. The maximum absolute atomic E-state index is 11.7. The molecule has 2 heterocycles. The van der Waals surface area contributed by atoms with Gasteiger partial charge in [-0.2, -0.15) is 0 Å². The average molecular weight is 266 g/mol. The van der Waals surface area contributed by atoms with Crippen molar-refractivity contribution in [3.05, 3.63) is 18.4 Å². The van der Waals surface area contributed by atoms with E-state index < -0.39 is 0 Å². The fourth-order valence-electron chi connectivity index (χ4n) is 1.11. The maximum Gasteiger partial charge on any atom is 0.284 e. The van der Waals surface area contributed by atoms with Crippen LogP contribution in [-0.2, 0) is 4.79 Å². The van der Waals surface area contributed by atoms with Gasteiger partial charge < -0.3 is 8.83 Å². The number of rotatable bonds is 4. The second-order valence-electron chi connectivity index (χ2n) is 4.81. The van der Waals surface area contributed by atoms with Crippen LogP contribution in [0.4, 0.5) is 0 Å². The van der Waals surface area contributed by atoms with Crippen LogP contribution < -0.4 is 0 Å². The summed E-state index contributed by atoms with van der Waals surface area (Å²) in [5.41, 5.74) is -0.350. The van der Waals surface area contributed by atoms with Crippen molar-refractivity contribution >= 4 is 17.5 Å². The molecule has 0 aliphatic rings. The van der Waals surface area contributed by atoms with Crippen molar-refractivity contribution in [1.82, 2.24) is 10.2 Å². The van der Waals surface area contributed by atoms with E-state index in [-0.39, 0.29) is 11.2 Å². The van der Waals surface area contributed by atoms with Crippen molar-refractivity contribution in [3.8, 4) is 11.7 Å². The van der Waals surface area contributed by atoms with Crippen LogP contribution in [-0.4, -0.2) is 21.7 Å². The summed E-state index contributed by atoms with van der Waals surface area (Å²) < 4.78 is 10.5. The Morgan fingerprint density at radius 2 is 2.17 bits per heavy atom. The number of ketones is 1. The molecule has 5 nitrogen and oxygen atoms in total. The van der Waals surface area contributed by atoms with Gasteiger partial charge in [-0.05, 0) is 12.1 Å². The predicted octanol–water partition coefficient (Wildman–Crippen LogP) is 3.04. The maximum atomic E-state index is 11.7. The molecule has 0 saturated heterocycles. The van der Waals surface area contributed by atoms with E-state index in [0.717, 1.165) is 0 Å². The third-order valence-corrected chi connectivity index (χ3v) is 3.12. The molecule has 0 aliphatic carbocycles. The Morgan fingerprint density at radius 1 is 1.39 bits per heavy atom. The Morgan fingerprint density at radius 3 is 2.78 bits per heavy atom. The second kappa shape index (κ2) is 4.97. The summed E-state index contributed by atoms with van der Waals surface area (Å²) in [4.78, 5) is 11.7. The molecule has 6 heteroatoms. The lowest BCUT2D eigenvalue weighted by molar-refractivity contribution is -0.123. The number of hydrogen-bond acceptors (Lipinski definition) is 6. The number of carbonyl (C=O) groups excluding carboxylic acids is 1. The highest BCUT2D eigenvalue weighted by Crippen LogP contribution is 2.25. The van der Waals surface area contributed by atoms with Crippen LogP contribution in [0.15, 0.2) is 32.5 Å². The van der Waals surface area contributed by atoms with Gasteiger partial charge in [0.05, 0.1) is 12.0 Å². The molecule has 18 heavy (non-hydrogen) atoms. The van der Waals surface area contributed by atoms with Crippen LogP contribution in [0.3, 0.4) is 0 Å². The van der Waals surface area contributed by atoms with Gasteiger partial charge in [-0.25, -0.2) is 0 Å². The highest BCUT2D eigenvalue weighted by molar-refractivity contribution is 7.99. The summed E-state index contributed by atoms with van der Waals surface area (Å²) in [7, 11) is 0. The number of Topliss-reactive ketones (excluding diaryl/α,β-unsaturated/α-hetero) is 1. The Bertz CT molecular complexity index is 526. The molecule has 0 fully saturated rings. The zero-order chi connectivity index (χ0) is 13.2. The molecule has 0 amide bonds. The topological polar surface area (TPSA) is 69.1 Å². The van der Waals surface area contributed by atoms with E-state index in [1.165, 1.54) is 18.0 Å². The van der Waals surface area contributed by atoms with Gasteiger partial charge in [0, 0.05) is 5.41 Å². The molecular weight excluding hydrogens is 252 g/mol. The van der Waals surface area contributed by atoms with E-state index in [1.807, 2.05) is 20.8 Å². The largest absolute Gasteiger partial charge is 0.459 e. The summed E-state index contributed by atoms with van der Waals surface area (Å²) in [6, 6.07) is 3.48. The number of aromatic nitrogens is 2. The van der Waals surface area contributed by atoms with Gasteiger partial charge in [0.1, 0.15) is 5.78 Å². The summed E-state index contributed by atoms with van der Waals surface area (Å²) in [6.07, 6.45) is 1.54. The van der Waals surface area contributed by atoms with Crippen LogP contribution >= 0.6 is 11.8 Å². The average Bonchev–Trinajstić information content (AvgIpc) is 2.94. The molecule has 0 saturated carbocycles. The number of carbonyl (C=O) groups is 1. The summed E-state index contributed by atoms with van der Waals surface area (Å²) in [6.45, 7) is 5.66. The van der Waals surface area contributed by atoms with Gasteiger partial charge >= 0.3 is 0 Å². The number of nitrogens with zero attached hydrogens (tertiary/aromatic N) is 2. The fourth-order valence-corrected chi connectivity index (χ4v) is 2.04. The van der Waals surface area contributed by atoms with Crippen LogP contribution in [0.1, 0.15) is 20.8 Å². The first kappa shape index (κ1) is 12.9. The van der Waals surface area contributed by atoms with Gasteiger partial charge in [0.2, 0.25) is 0 Å². The minimum atomic E-state index is -0.350. The first-order chi connectivity index (χ1) is 8.47. The number of thioether (sulfide) groups is 1. The molecule has 96 valence electrons. The Kier molecular flexibility index (Phi) is 3.56. The SMILES string of the molecule is CC(C)(C)C(=O)CSc1nnc(-c2ccco2)o1. The molecule has 2 rings (SSSR count). The third kappa shape index (κ3) is 3.01. The van der Waals surface area contributed by atoms with Crippen molar-refractivity contribution in [3.63, 3.8) is 0 Å². The summed E-state index contributed by atoms with van der Waals surface area (Å²) in [5, 5.41) is 8.09. The fraction of sp³-hybridized carbons (Fsp3) is 0.417. The van der Waals surface area contributed by atoms with Gasteiger partial charge in [-0.3, -0.25) is 4.79 Å². The quantitative estimate of drug-likeness (QED) is 0.792. The van der Waals surface area contributed by atoms with E-state index >= 15 is 0 Å². The monoisotopic (exact) mass is 266 g/mol. The van der Waals surface area contributed by atoms with Crippen molar-refractivity contribution in [2.45, 2.75) is 26.0 Å². The Balaban J connectivity index is 1.98.